The average Bonchev–Trinajstić information content (AvgIpc) is 2.39. The number of carbonyl (C=O) groups is 1. The molecule has 1 heterocycles. The molecule has 112 valence electrons. The number of anilines is 2. The van der Waals surface area contributed by atoms with Gasteiger partial charge >= 0.3 is 0 Å². The molecule has 0 spiro atoms. The molecule has 1 amide bonds. The Morgan fingerprint density at radius 2 is 1.85 bits per heavy atom. The highest BCUT2D eigenvalue weighted by Gasteiger charge is 2.18. The van der Waals surface area contributed by atoms with Crippen LogP contribution in [0, 0.1) is 6.92 Å². The van der Waals surface area contributed by atoms with Crippen molar-refractivity contribution < 1.29 is 4.79 Å². The molecule has 6 heteroatoms. The van der Waals surface area contributed by atoms with Crippen LogP contribution in [-0.4, -0.2) is 46.5 Å². The van der Waals surface area contributed by atoms with E-state index in [1.54, 1.807) is 4.90 Å². The van der Waals surface area contributed by atoms with Gasteiger partial charge in [0.25, 0.3) is 0 Å². The van der Waals surface area contributed by atoms with Gasteiger partial charge in [0.2, 0.25) is 5.91 Å². The molecule has 0 radical (unpaired) electrons. The smallest absolute Gasteiger partial charge is 0.244 e. The molecule has 0 fully saturated rings. The van der Waals surface area contributed by atoms with Crippen molar-refractivity contribution in [2.45, 2.75) is 40.7 Å². The van der Waals surface area contributed by atoms with E-state index in [1.807, 2.05) is 40.7 Å². The number of amides is 1. The van der Waals surface area contributed by atoms with Crippen molar-refractivity contribution in [3.05, 3.63) is 11.9 Å². The monoisotopic (exact) mass is 279 g/mol. The van der Waals surface area contributed by atoms with Gasteiger partial charge in [-0.05, 0) is 34.6 Å². The zero-order valence-corrected chi connectivity index (χ0v) is 13.0. The minimum absolute atomic E-state index is 0.0799. The van der Waals surface area contributed by atoms with Crippen LogP contribution in [-0.2, 0) is 4.79 Å². The maximum absolute atomic E-state index is 12.2. The van der Waals surface area contributed by atoms with Crippen LogP contribution in [0.25, 0.3) is 0 Å². The fraction of sp³-hybridized carbons (Fsp3) is 0.643. The molecular weight excluding hydrogens is 254 g/mol. The van der Waals surface area contributed by atoms with E-state index >= 15 is 0 Å². The number of likely N-dealkylation sites (N-methyl/N-ethyl adjacent to an activating group) is 1. The lowest BCUT2D eigenvalue weighted by molar-refractivity contribution is -0.131. The number of nitrogens with one attached hydrogen (secondary N) is 2. The summed E-state index contributed by atoms with van der Waals surface area (Å²) in [5.74, 6) is 2.19. The van der Waals surface area contributed by atoms with Gasteiger partial charge in [0, 0.05) is 25.7 Å². The van der Waals surface area contributed by atoms with Gasteiger partial charge in [-0.1, -0.05) is 0 Å². The molecule has 1 aromatic rings. The van der Waals surface area contributed by atoms with Gasteiger partial charge in [0.15, 0.2) is 0 Å². The Hall–Kier alpha value is -1.85. The molecule has 2 N–H and O–H groups in total. The summed E-state index contributed by atoms with van der Waals surface area (Å²) < 4.78 is 0. The first kappa shape index (κ1) is 16.2. The number of nitrogens with zero attached hydrogens (tertiary/aromatic N) is 3. The van der Waals surface area contributed by atoms with Crippen LogP contribution >= 0.6 is 0 Å². The molecule has 1 aromatic heterocycles. The topological polar surface area (TPSA) is 70.2 Å². The summed E-state index contributed by atoms with van der Waals surface area (Å²) in [6, 6.07) is 1.52. The van der Waals surface area contributed by atoms with Crippen molar-refractivity contribution in [3.8, 4) is 0 Å². The molecule has 6 nitrogen and oxygen atoms in total. The summed E-state index contributed by atoms with van der Waals surface area (Å²) in [6.45, 7) is 11.9. The van der Waals surface area contributed by atoms with E-state index in [-0.39, 0.29) is 11.9 Å². The fourth-order valence-corrected chi connectivity index (χ4v) is 2.01. The molecular formula is C14H25N5O. The number of hydrogen-bond donors (Lipinski definition) is 2. The summed E-state index contributed by atoms with van der Waals surface area (Å²) in [5, 5.41) is 6.30. The van der Waals surface area contributed by atoms with Crippen molar-refractivity contribution in [2.75, 3.05) is 30.3 Å². The Bertz CT molecular complexity index is 445. The van der Waals surface area contributed by atoms with Crippen LogP contribution in [0.15, 0.2) is 6.07 Å². The number of rotatable bonds is 7. The number of carbonyl (C=O) groups excluding carboxylic acids is 1. The zero-order chi connectivity index (χ0) is 15.1. The lowest BCUT2D eigenvalue weighted by atomic mass is 10.2. The molecule has 1 rings (SSSR count). The van der Waals surface area contributed by atoms with Gasteiger partial charge in [-0.15, -0.1) is 0 Å². The van der Waals surface area contributed by atoms with Gasteiger partial charge in [-0.2, -0.15) is 0 Å². The van der Waals surface area contributed by atoms with Crippen LogP contribution in [0.5, 0.6) is 0 Å². The van der Waals surface area contributed by atoms with Gasteiger partial charge in [0.05, 0.1) is 0 Å². The first-order chi connectivity index (χ1) is 9.51. The molecule has 20 heavy (non-hydrogen) atoms. The predicted molar refractivity (Wildman–Crippen MR) is 81.9 cm³/mol. The quantitative estimate of drug-likeness (QED) is 0.797. The standard InChI is InChI=1S/C14H25N5O/c1-6-15-12-9-13(18-11(5)17-12)16-10(4)14(20)19(7-2)8-3/h9-10H,6-8H2,1-5H3,(H2,15,16,17,18). The molecule has 0 saturated carbocycles. The summed E-state index contributed by atoms with van der Waals surface area (Å²) in [6.07, 6.45) is 0. The van der Waals surface area contributed by atoms with Crippen molar-refractivity contribution >= 4 is 17.5 Å². The first-order valence-electron chi connectivity index (χ1n) is 7.16. The molecule has 0 aromatic carbocycles. The lowest BCUT2D eigenvalue weighted by Gasteiger charge is -2.23. The van der Waals surface area contributed by atoms with E-state index in [4.69, 9.17) is 0 Å². The third-order valence-corrected chi connectivity index (χ3v) is 3.01. The minimum atomic E-state index is -0.307. The minimum Gasteiger partial charge on any atom is -0.370 e. The molecule has 0 saturated heterocycles. The third kappa shape index (κ3) is 4.36. The molecule has 0 aliphatic carbocycles. The fourth-order valence-electron chi connectivity index (χ4n) is 2.01. The van der Waals surface area contributed by atoms with E-state index in [1.165, 1.54) is 0 Å². The van der Waals surface area contributed by atoms with Crippen molar-refractivity contribution in [3.63, 3.8) is 0 Å². The van der Waals surface area contributed by atoms with E-state index in [0.29, 0.717) is 24.7 Å². The summed E-state index contributed by atoms with van der Waals surface area (Å²) in [5.41, 5.74) is 0. The third-order valence-electron chi connectivity index (χ3n) is 3.01. The Labute approximate surface area is 121 Å². The largest absolute Gasteiger partial charge is 0.370 e. The Balaban J connectivity index is 2.79. The summed E-state index contributed by atoms with van der Waals surface area (Å²) in [7, 11) is 0. The van der Waals surface area contributed by atoms with Crippen LogP contribution < -0.4 is 10.6 Å². The maximum Gasteiger partial charge on any atom is 0.244 e. The highest BCUT2D eigenvalue weighted by atomic mass is 16.2. The number of aromatic nitrogens is 2. The first-order valence-corrected chi connectivity index (χ1v) is 7.16. The average molecular weight is 279 g/mol. The van der Waals surface area contributed by atoms with Crippen molar-refractivity contribution in [2.24, 2.45) is 0 Å². The zero-order valence-electron chi connectivity index (χ0n) is 13.0. The van der Waals surface area contributed by atoms with Crippen LogP contribution in [0.4, 0.5) is 11.6 Å². The second-order valence-electron chi connectivity index (χ2n) is 4.59. The van der Waals surface area contributed by atoms with E-state index in [9.17, 15) is 4.79 Å². The maximum atomic E-state index is 12.2. The number of hydrogen-bond acceptors (Lipinski definition) is 5. The van der Waals surface area contributed by atoms with E-state index < -0.39 is 0 Å². The van der Waals surface area contributed by atoms with Gasteiger partial charge in [-0.3, -0.25) is 4.79 Å². The molecule has 0 aliphatic rings. The number of aryl methyl sites for hydroxylation is 1. The predicted octanol–water partition coefficient (Wildman–Crippen LogP) is 1.89. The Kier molecular flexibility index (Phi) is 6.21. The molecule has 0 aliphatic heterocycles. The Morgan fingerprint density at radius 3 is 2.40 bits per heavy atom. The molecule has 1 atom stereocenters. The van der Waals surface area contributed by atoms with Gasteiger partial charge < -0.3 is 15.5 Å². The van der Waals surface area contributed by atoms with Crippen LogP contribution in [0.2, 0.25) is 0 Å². The highest BCUT2D eigenvalue weighted by Crippen LogP contribution is 2.12. The SMILES string of the molecule is CCNc1cc(NC(C)C(=O)N(CC)CC)nc(C)n1. The second-order valence-corrected chi connectivity index (χ2v) is 4.59. The van der Waals surface area contributed by atoms with Crippen molar-refractivity contribution in [1.29, 1.82) is 0 Å². The molecule has 0 bridgehead atoms. The normalized spacial score (nSPS) is 11.8. The Morgan fingerprint density at radius 1 is 1.25 bits per heavy atom. The van der Waals surface area contributed by atoms with Crippen LogP contribution in [0.3, 0.4) is 0 Å². The highest BCUT2D eigenvalue weighted by molar-refractivity contribution is 5.84. The van der Waals surface area contributed by atoms with Gasteiger partial charge in [0.1, 0.15) is 23.5 Å². The summed E-state index contributed by atoms with van der Waals surface area (Å²) >= 11 is 0. The second kappa shape index (κ2) is 7.67. The van der Waals surface area contributed by atoms with Crippen molar-refractivity contribution in [1.82, 2.24) is 14.9 Å². The van der Waals surface area contributed by atoms with Crippen LogP contribution in [0.1, 0.15) is 33.5 Å². The molecule has 1 unspecified atom stereocenters. The summed E-state index contributed by atoms with van der Waals surface area (Å²) in [4.78, 5) is 22.6. The van der Waals surface area contributed by atoms with E-state index in [2.05, 4.69) is 20.6 Å². The van der Waals surface area contributed by atoms with Gasteiger partial charge in [-0.25, -0.2) is 9.97 Å². The van der Waals surface area contributed by atoms with E-state index in [0.717, 1.165) is 12.4 Å². The lowest BCUT2D eigenvalue weighted by Crippen LogP contribution is -2.41.